The van der Waals surface area contributed by atoms with E-state index >= 15 is 0 Å². The molecule has 11 atom stereocenters. The molecular formula is C31H40O9. The minimum absolute atomic E-state index is 0.0310. The standard InChI is InChI=1S/C31H40O9/c1-15-12-24(39-28(35)20(15)14-37-17(3)32)16(2)21-6-7-22-19-13-27-31(40-27)26(38-18(4)33)9-8-25(34)30(31,36)23(19)10-11-29(21,22)5/h8-9,16,19,21-24,26-27,36H,6-7,10-14H2,1-5H3. The Bertz CT molecular complexity index is 1220. The van der Waals surface area contributed by atoms with Crippen LogP contribution in [0.2, 0.25) is 0 Å². The lowest BCUT2D eigenvalue weighted by Crippen LogP contribution is -2.70. The summed E-state index contributed by atoms with van der Waals surface area (Å²) in [5.74, 6) is -1.07. The number of hydrogen-bond donors (Lipinski definition) is 1. The number of epoxide rings is 1. The van der Waals surface area contributed by atoms with Crippen LogP contribution in [0.15, 0.2) is 23.3 Å². The SMILES string of the molecule is CC(=O)OCC1=C(C)CC(C(C)C2CCC3C4CC5OC56C(OC(C)=O)C=CC(=O)C6(O)C4CCC23C)OC1=O. The van der Waals surface area contributed by atoms with E-state index < -0.39 is 35.2 Å². The Morgan fingerprint density at radius 1 is 1.15 bits per heavy atom. The number of fused-ring (bicyclic) bond motifs is 4. The Labute approximate surface area is 234 Å². The first-order valence-corrected chi connectivity index (χ1v) is 14.7. The molecule has 6 aliphatic rings. The Balaban J connectivity index is 1.22. The Kier molecular flexibility index (Phi) is 6.39. The average Bonchev–Trinajstić information content (AvgIpc) is 3.51. The van der Waals surface area contributed by atoms with Crippen LogP contribution in [0.1, 0.15) is 73.1 Å². The van der Waals surface area contributed by atoms with Crippen LogP contribution >= 0.6 is 0 Å². The summed E-state index contributed by atoms with van der Waals surface area (Å²) < 4.78 is 22.7. The summed E-state index contributed by atoms with van der Waals surface area (Å²) in [5, 5.41) is 12.2. The predicted molar refractivity (Wildman–Crippen MR) is 140 cm³/mol. The van der Waals surface area contributed by atoms with Crippen molar-refractivity contribution in [2.24, 2.45) is 35.0 Å². The third-order valence-electron chi connectivity index (χ3n) is 11.6. The molecule has 0 aromatic carbocycles. The fourth-order valence-electron chi connectivity index (χ4n) is 9.69. The third kappa shape index (κ3) is 3.72. The summed E-state index contributed by atoms with van der Waals surface area (Å²) >= 11 is 0. The molecule has 6 rings (SSSR count). The molecule has 0 amide bonds. The average molecular weight is 557 g/mol. The van der Waals surface area contributed by atoms with E-state index in [1.165, 1.54) is 19.9 Å². The van der Waals surface area contributed by atoms with Crippen LogP contribution in [0.3, 0.4) is 0 Å². The topological polar surface area (TPSA) is 129 Å². The molecule has 11 unspecified atom stereocenters. The fraction of sp³-hybridized carbons (Fsp3) is 0.742. The van der Waals surface area contributed by atoms with Crippen LogP contribution in [-0.4, -0.2) is 64.9 Å². The second-order valence-electron chi connectivity index (χ2n) is 13.3. The van der Waals surface area contributed by atoms with Crippen molar-refractivity contribution in [3.8, 4) is 0 Å². The van der Waals surface area contributed by atoms with Gasteiger partial charge in [-0.05, 0) is 80.3 Å². The van der Waals surface area contributed by atoms with Gasteiger partial charge >= 0.3 is 17.9 Å². The molecule has 2 heterocycles. The summed E-state index contributed by atoms with van der Waals surface area (Å²) in [7, 11) is 0. The molecule has 9 heteroatoms. The lowest BCUT2D eigenvalue weighted by atomic mass is 9.47. The summed E-state index contributed by atoms with van der Waals surface area (Å²) in [5.41, 5.74) is -1.60. The largest absolute Gasteiger partial charge is 0.461 e. The number of rotatable bonds is 5. The van der Waals surface area contributed by atoms with Crippen molar-refractivity contribution >= 4 is 23.7 Å². The van der Waals surface area contributed by atoms with Crippen molar-refractivity contribution in [1.29, 1.82) is 0 Å². The van der Waals surface area contributed by atoms with Crippen molar-refractivity contribution < 1.29 is 43.2 Å². The van der Waals surface area contributed by atoms with Crippen LogP contribution in [0.4, 0.5) is 0 Å². The number of aliphatic hydroxyl groups is 1. The maximum absolute atomic E-state index is 13.4. The molecule has 3 saturated carbocycles. The van der Waals surface area contributed by atoms with Gasteiger partial charge in [0.05, 0.1) is 11.7 Å². The highest BCUT2D eigenvalue weighted by Gasteiger charge is 2.83. The molecule has 40 heavy (non-hydrogen) atoms. The highest BCUT2D eigenvalue weighted by molar-refractivity contribution is 6.01. The minimum atomic E-state index is -1.71. The normalized spacial score (nSPS) is 45.9. The van der Waals surface area contributed by atoms with Gasteiger partial charge in [-0.3, -0.25) is 14.4 Å². The molecule has 2 aliphatic heterocycles. The van der Waals surface area contributed by atoms with Crippen LogP contribution < -0.4 is 0 Å². The second-order valence-corrected chi connectivity index (χ2v) is 13.3. The van der Waals surface area contributed by atoms with Crippen molar-refractivity contribution in [2.45, 2.75) is 103 Å². The van der Waals surface area contributed by atoms with Crippen LogP contribution in [-0.2, 0) is 38.1 Å². The number of ketones is 1. The first-order valence-electron chi connectivity index (χ1n) is 14.7. The molecule has 218 valence electrons. The van der Waals surface area contributed by atoms with E-state index in [9.17, 15) is 24.3 Å². The van der Waals surface area contributed by atoms with Crippen LogP contribution in [0.5, 0.6) is 0 Å². The summed E-state index contributed by atoms with van der Waals surface area (Å²) in [6.45, 7) is 9.01. The van der Waals surface area contributed by atoms with Crippen molar-refractivity contribution in [3.63, 3.8) is 0 Å². The van der Waals surface area contributed by atoms with E-state index in [0.29, 0.717) is 30.3 Å². The number of cyclic esters (lactones) is 1. The van der Waals surface area contributed by atoms with E-state index in [1.807, 2.05) is 6.92 Å². The smallest absolute Gasteiger partial charge is 0.337 e. The fourth-order valence-corrected chi connectivity index (χ4v) is 9.69. The molecule has 4 fully saturated rings. The first-order chi connectivity index (χ1) is 18.8. The zero-order valence-electron chi connectivity index (χ0n) is 23.9. The number of esters is 3. The highest BCUT2D eigenvalue weighted by Crippen LogP contribution is 2.70. The lowest BCUT2D eigenvalue weighted by molar-refractivity contribution is -0.189. The van der Waals surface area contributed by atoms with E-state index in [0.717, 1.165) is 31.3 Å². The molecule has 1 saturated heterocycles. The highest BCUT2D eigenvalue weighted by atomic mass is 16.7. The molecule has 0 radical (unpaired) electrons. The Morgan fingerprint density at radius 3 is 2.58 bits per heavy atom. The molecule has 4 aliphatic carbocycles. The van der Waals surface area contributed by atoms with Gasteiger partial charge < -0.3 is 24.1 Å². The zero-order valence-corrected chi connectivity index (χ0v) is 23.9. The van der Waals surface area contributed by atoms with Gasteiger partial charge in [0.1, 0.15) is 12.7 Å². The number of hydrogen-bond acceptors (Lipinski definition) is 9. The summed E-state index contributed by atoms with van der Waals surface area (Å²) in [4.78, 5) is 49.3. The summed E-state index contributed by atoms with van der Waals surface area (Å²) in [6.07, 6.45) is 6.41. The van der Waals surface area contributed by atoms with Crippen LogP contribution in [0, 0.1) is 35.0 Å². The Morgan fingerprint density at radius 2 is 1.90 bits per heavy atom. The molecule has 0 aromatic heterocycles. The number of ether oxygens (including phenoxy) is 4. The van der Waals surface area contributed by atoms with Crippen molar-refractivity contribution in [1.82, 2.24) is 0 Å². The Hall–Kier alpha value is -2.52. The molecule has 9 nitrogen and oxygen atoms in total. The maximum atomic E-state index is 13.4. The van der Waals surface area contributed by atoms with Gasteiger partial charge in [-0.1, -0.05) is 19.4 Å². The van der Waals surface area contributed by atoms with Gasteiger partial charge in [0.25, 0.3) is 0 Å². The van der Waals surface area contributed by atoms with Gasteiger partial charge in [-0.15, -0.1) is 0 Å². The molecular weight excluding hydrogens is 516 g/mol. The van der Waals surface area contributed by atoms with E-state index in [4.69, 9.17) is 18.9 Å². The second kappa shape index (κ2) is 9.24. The molecule has 1 spiro atoms. The van der Waals surface area contributed by atoms with Gasteiger partial charge in [0.2, 0.25) is 0 Å². The van der Waals surface area contributed by atoms with E-state index in [-0.39, 0.29) is 47.8 Å². The molecule has 0 aromatic rings. The van der Waals surface area contributed by atoms with E-state index in [1.54, 1.807) is 6.08 Å². The van der Waals surface area contributed by atoms with Crippen molar-refractivity contribution in [2.75, 3.05) is 6.61 Å². The van der Waals surface area contributed by atoms with Gasteiger partial charge in [-0.2, -0.15) is 0 Å². The zero-order chi connectivity index (χ0) is 28.8. The quantitative estimate of drug-likeness (QED) is 0.308. The molecule has 0 bridgehead atoms. The van der Waals surface area contributed by atoms with Crippen LogP contribution in [0.25, 0.3) is 0 Å². The number of carbonyl (C=O) groups is 4. The summed E-state index contributed by atoms with van der Waals surface area (Å²) in [6, 6.07) is 0. The lowest BCUT2D eigenvalue weighted by Gasteiger charge is -2.57. The molecule has 1 N–H and O–H groups in total. The van der Waals surface area contributed by atoms with Gasteiger partial charge in [0.15, 0.2) is 23.1 Å². The minimum Gasteiger partial charge on any atom is -0.461 e. The van der Waals surface area contributed by atoms with Crippen molar-refractivity contribution in [3.05, 3.63) is 23.3 Å². The number of carbonyl (C=O) groups excluding carboxylic acids is 4. The van der Waals surface area contributed by atoms with Gasteiger partial charge in [0, 0.05) is 26.2 Å². The predicted octanol–water partition coefficient (Wildman–Crippen LogP) is 3.22. The maximum Gasteiger partial charge on any atom is 0.337 e. The van der Waals surface area contributed by atoms with E-state index in [2.05, 4.69) is 13.8 Å². The monoisotopic (exact) mass is 556 g/mol. The third-order valence-corrected chi connectivity index (χ3v) is 11.6. The first kappa shape index (κ1) is 27.6. The van der Waals surface area contributed by atoms with Gasteiger partial charge in [-0.25, -0.2) is 4.79 Å².